The molecule has 1 aliphatic heterocycles. The summed E-state index contributed by atoms with van der Waals surface area (Å²) in [6, 6.07) is -1.03. The molecule has 1 aliphatic rings. The summed E-state index contributed by atoms with van der Waals surface area (Å²) in [5.41, 5.74) is 0. The summed E-state index contributed by atoms with van der Waals surface area (Å²) in [6.45, 7) is 5.76. The van der Waals surface area contributed by atoms with Crippen LogP contribution in [0.2, 0.25) is 0 Å². The van der Waals surface area contributed by atoms with Crippen molar-refractivity contribution < 1.29 is 49.3 Å². The van der Waals surface area contributed by atoms with Crippen LogP contribution in [0.15, 0.2) is 72.9 Å². The normalized spacial score (nSPS) is 18.9. The second-order valence-electron chi connectivity index (χ2n) is 24.3. The Balaban J connectivity index is 2.55. The topological polar surface area (TPSA) is 175 Å². The zero-order chi connectivity index (χ0) is 61.0. The van der Waals surface area contributed by atoms with Crippen molar-refractivity contribution in [2.75, 3.05) is 13.2 Å². The molecule has 0 radical (unpaired) electrons. The first-order valence-corrected chi connectivity index (χ1v) is 35.2. The van der Waals surface area contributed by atoms with Crippen molar-refractivity contribution in [3.05, 3.63) is 72.9 Å². The van der Waals surface area contributed by atoms with Gasteiger partial charge in [0.2, 0.25) is 5.91 Å². The summed E-state index contributed by atoms with van der Waals surface area (Å²) in [6.07, 6.45) is 68.0. The summed E-state index contributed by atoms with van der Waals surface area (Å²) in [7, 11) is 0. The van der Waals surface area contributed by atoms with Crippen molar-refractivity contribution in [2.45, 2.75) is 365 Å². The fraction of sp³-hybridized carbons (Fsp3) is 0.808. The predicted molar refractivity (Wildman–Crippen MR) is 352 cm³/mol. The van der Waals surface area contributed by atoms with Crippen molar-refractivity contribution in [2.24, 2.45) is 0 Å². The van der Waals surface area contributed by atoms with Gasteiger partial charge in [0.05, 0.1) is 25.4 Å². The van der Waals surface area contributed by atoms with Gasteiger partial charge in [-0.25, -0.2) is 0 Å². The Kier molecular flexibility index (Phi) is 56.9. The van der Waals surface area contributed by atoms with Crippen LogP contribution in [0.25, 0.3) is 0 Å². The lowest BCUT2D eigenvalue weighted by Gasteiger charge is -2.41. The second-order valence-corrected chi connectivity index (χ2v) is 24.3. The third kappa shape index (κ3) is 47.2. The van der Waals surface area contributed by atoms with Gasteiger partial charge >= 0.3 is 5.97 Å². The van der Waals surface area contributed by atoms with E-state index in [9.17, 15) is 35.1 Å². The summed E-state index contributed by atoms with van der Waals surface area (Å²) in [5, 5.41) is 57.2. The molecule has 1 heterocycles. The summed E-state index contributed by atoms with van der Waals surface area (Å²) < 4.78 is 17.7. The molecule has 11 nitrogen and oxygen atoms in total. The Labute approximate surface area is 515 Å². The van der Waals surface area contributed by atoms with Crippen LogP contribution >= 0.6 is 0 Å². The SMILES string of the molecule is CCCCC/C=C\C/C=C\C/C=C\CCCCCCCCCCCCCCCCC(=O)OC1C(OCC(NC(=O)C(O)CCCCCCCC/C=C\C/C=C\CCCCC)C(O)/C=C/CCCCCCCCCCCC)OC(CO)C(O)C1O. The molecule has 0 aliphatic carbocycles. The maximum Gasteiger partial charge on any atom is 0.306 e. The quantitative estimate of drug-likeness (QED) is 0.0195. The highest BCUT2D eigenvalue weighted by Gasteiger charge is 2.47. The number of unbranched alkanes of at least 4 members (excludes halogenated alkanes) is 36. The number of carbonyl (C=O) groups is 2. The molecule has 0 aromatic rings. The first kappa shape index (κ1) is 79.1. The number of aliphatic hydroxyl groups excluding tert-OH is 5. The van der Waals surface area contributed by atoms with Crippen molar-refractivity contribution in [1.29, 1.82) is 0 Å². The molecule has 0 spiro atoms. The zero-order valence-electron chi connectivity index (χ0n) is 54.3. The Morgan fingerprint density at radius 3 is 1.25 bits per heavy atom. The first-order valence-electron chi connectivity index (χ1n) is 35.2. The minimum absolute atomic E-state index is 0.121. The van der Waals surface area contributed by atoms with E-state index in [1.54, 1.807) is 6.08 Å². The minimum Gasteiger partial charge on any atom is -0.454 e. The van der Waals surface area contributed by atoms with Crippen LogP contribution in [0.3, 0.4) is 0 Å². The number of carbonyl (C=O) groups excluding carboxylic acids is 2. The summed E-state index contributed by atoms with van der Waals surface area (Å²) >= 11 is 0. The summed E-state index contributed by atoms with van der Waals surface area (Å²) in [4.78, 5) is 26.6. The number of esters is 1. The van der Waals surface area contributed by atoms with Gasteiger partial charge in [-0.1, -0.05) is 286 Å². The van der Waals surface area contributed by atoms with E-state index in [1.165, 1.54) is 173 Å². The van der Waals surface area contributed by atoms with Gasteiger partial charge in [-0.2, -0.15) is 0 Å². The van der Waals surface area contributed by atoms with Gasteiger partial charge in [0.25, 0.3) is 0 Å². The lowest BCUT2D eigenvalue weighted by molar-refractivity contribution is -0.305. The largest absolute Gasteiger partial charge is 0.454 e. The van der Waals surface area contributed by atoms with Gasteiger partial charge in [0.15, 0.2) is 12.4 Å². The molecule has 1 fully saturated rings. The molecule has 84 heavy (non-hydrogen) atoms. The number of amides is 1. The van der Waals surface area contributed by atoms with Crippen LogP contribution in [0.5, 0.6) is 0 Å². The van der Waals surface area contributed by atoms with Gasteiger partial charge in [-0.3, -0.25) is 9.59 Å². The van der Waals surface area contributed by atoms with Gasteiger partial charge in [-0.05, 0) is 96.3 Å². The fourth-order valence-corrected chi connectivity index (χ4v) is 10.7. The van der Waals surface area contributed by atoms with Crippen molar-refractivity contribution in [3.8, 4) is 0 Å². The van der Waals surface area contributed by atoms with Crippen molar-refractivity contribution >= 4 is 11.9 Å². The standard InChI is InChI=1S/C73H131NO10/c1-4-7-10-13-16-19-22-25-27-29-30-31-32-33-34-35-36-37-38-39-41-43-46-49-52-55-58-61-68(78)84-71-70(80)69(79)67(62-75)83-73(71)82-63-64(65(76)59-56-53-50-47-44-24-21-18-15-12-9-6-3)74-72(81)66(77)60-57-54-51-48-45-42-40-28-26-23-20-17-14-11-8-5-2/h16-17,19-20,25-28,30-31,56,59,64-67,69-71,73,75-77,79-80H,4-15,18,21-24,29,32-55,57-58,60-63H2,1-3H3,(H,74,81)/b19-16-,20-17-,27-25-,28-26-,31-30-,59-56+. The highest BCUT2D eigenvalue weighted by molar-refractivity contribution is 5.80. The van der Waals surface area contributed by atoms with Crippen LogP contribution in [0.4, 0.5) is 0 Å². The van der Waals surface area contributed by atoms with Gasteiger partial charge < -0.3 is 45.1 Å². The number of hydrogen-bond acceptors (Lipinski definition) is 10. The zero-order valence-corrected chi connectivity index (χ0v) is 54.3. The second kappa shape index (κ2) is 60.4. The summed E-state index contributed by atoms with van der Waals surface area (Å²) in [5.74, 6) is -1.20. The Morgan fingerprint density at radius 2 is 0.821 bits per heavy atom. The van der Waals surface area contributed by atoms with Gasteiger partial charge in [0.1, 0.15) is 24.4 Å². The third-order valence-corrected chi connectivity index (χ3v) is 16.3. The van der Waals surface area contributed by atoms with E-state index in [0.717, 1.165) is 96.3 Å². The molecule has 6 N–H and O–H groups in total. The Hall–Kier alpha value is -2.90. The first-order chi connectivity index (χ1) is 41.2. The fourth-order valence-electron chi connectivity index (χ4n) is 10.7. The van der Waals surface area contributed by atoms with E-state index in [1.807, 2.05) is 6.08 Å². The molecule has 8 atom stereocenters. The third-order valence-electron chi connectivity index (χ3n) is 16.3. The Morgan fingerprint density at radius 1 is 0.464 bits per heavy atom. The molecule has 8 unspecified atom stereocenters. The van der Waals surface area contributed by atoms with Crippen LogP contribution in [0.1, 0.15) is 316 Å². The maximum absolute atomic E-state index is 13.4. The van der Waals surface area contributed by atoms with E-state index in [2.05, 4.69) is 86.8 Å². The van der Waals surface area contributed by atoms with E-state index >= 15 is 0 Å². The number of aliphatic hydroxyl groups is 5. The molecular formula is C73H131NO10. The van der Waals surface area contributed by atoms with E-state index < -0.39 is 67.4 Å². The molecule has 0 aromatic carbocycles. The molecule has 1 rings (SSSR count). The lowest BCUT2D eigenvalue weighted by atomic mass is 9.99. The molecule has 1 amide bonds. The monoisotopic (exact) mass is 1180 g/mol. The van der Waals surface area contributed by atoms with Crippen LogP contribution in [-0.4, -0.2) is 99.6 Å². The van der Waals surface area contributed by atoms with Crippen molar-refractivity contribution in [1.82, 2.24) is 5.32 Å². The number of allylic oxidation sites excluding steroid dienone is 11. The number of hydrogen-bond donors (Lipinski definition) is 6. The minimum atomic E-state index is -1.62. The highest BCUT2D eigenvalue weighted by Crippen LogP contribution is 2.26. The number of nitrogens with one attached hydrogen (secondary N) is 1. The lowest BCUT2D eigenvalue weighted by Crippen LogP contribution is -2.61. The molecule has 11 heteroatoms. The van der Waals surface area contributed by atoms with Crippen LogP contribution in [0, 0.1) is 0 Å². The number of rotatable bonds is 60. The molecular weight excluding hydrogens is 1050 g/mol. The van der Waals surface area contributed by atoms with E-state index in [-0.39, 0.29) is 19.4 Å². The number of ether oxygens (including phenoxy) is 3. The molecule has 1 saturated heterocycles. The average molecular weight is 1180 g/mol. The van der Waals surface area contributed by atoms with Crippen LogP contribution in [-0.2, 0) is 23.8 Å². The highest BCUT2D eigenvalue weighted by atomic mass is 16.7. The predicted octanol–water partition coefficient (Wildman–Crippen LogP) is 17.9. The van der Waals surface area contributed by atoms with Gasteiger partial charge in [-0.15, -0.1) is 0 Å². The molecule has 0 bridgehead atoms. The molecule has 0 aromatic heterocycles. The van der Waals surface area contributed by atoms with Crippen LogP contribution < -0.4 is 5.32 Å². The Bertz CT molecular complexity index is 1640. The average Bonchev–Trinajstić information content (AvgIpc) is 3.69. The molecule has 0 saturated carbocycles. The van der Waals surface area contributed by atoms with Crippen molar-refractivity contribution in [3.63, 3.8) is 0 Å². The van der Waals surface area contributed by atoms with E-state index in [4.69, 9.17) is 14.2 Å². The molecule has 488 valence electrons. The maximum atomic E-state index is 13.4. The smallest absolute Gasteiger partial charge is 0.306 e. The van der Waals surface area contributed by atoms with E-state index in [0.29, 0.717) is 12.8 Å². The van der Waals surface area contributed by atoms with Gasteiger partial charge in [0, 0.05) is 6.42 Å².